The molecular weight excluding hydrogens is 258 g/mol. The Bertz CT molecular complexity index is 466. The van der Waals surface area contributed by atoms with Gasteiger partial charge in [-0.2, -0.15) is 5.10 Å². The van der Waals surface area contributed by atoms with Crippen LogP contribution >= 0.6 is 0 Å². The number of carboxylic acids is 1. The quantitative estimate of drug-likeness (QED) is 0.829. The molecule has 0 fully saturated rings. The summed E-state index contributed by atoms with van der Waals surface area (Å²) in [5, 5.41) is 13.2. The van der Waals surface area contributed by atoms with E-state index in [1.165, 1.54) is 4.90 Å². The van der Waals surface area contributed by atoms with E-state index in [0.717, 1.165) is 12.8 Å². The van der Waals surface area contributed by atoms with Gasteiger partial charge in [-0.05, 0) is 18.9 Å². The second-order valence-electron chi connectivity index (χ2n) is 5.08. The fourth-order valence-electron chi connectivity index (χ4n) is 2.09. The van der Waals surface area contributed by atoms with Gasteiger partial charge in [0.25, 0.3) is 5.91 Å². The zero-order chi connectivity index (χ0) is 15.3. The maximum Gasteiger partial charge on any atom is 0.308 e. The number of carboxylic acid groups (broad SMARTS) is 1. The summed E-state index contributed by atoms with van der Waals surface area (Å²) in [6.45, 7) is 5.91. The van der Waals surface area contributed by atoms with Crippen molar-refractivity contribution in [2.75, 3.05) is 13.6 Å². The van der Waals surface area contributed by atoms with Crippen LogP contribution in [-0.4, -0.2) is 45.3 Å². The lowest BCUT2D eigenvalue weighted by molar-refractivity contribution is -0.141. The van der Waals surface area contributed by atoms with Crippen LogP contribution in [0.15, 0.2) is 12.3 Å². The zero-order valence-electron chi connectivity index (χ0n) is 12.5. The Kier molecular flexibility index (Phi) is 5.73. The molecule has 1 rings (SSSR count). The Morgan fingerprint density at radius 3 is 2.50 bits per heavy atom. The van der Waals surface area contributed by atoms with Gasteiger partial charge in [-0.15, -0.1) is 0 Å². The highest BCUT2D eigenvalue weighted by molar-refractivity contribution is 5.92. The topological polar surface area (TPSA) is 75.4 Å². The summed E-state index contributed by atoms with van der Waals surface area (Å²) >= 11 is 0. The molecule has 0 aliphatic carbocycles. The lowest BCUT2D eigenvalue weighted by Crippen LogP contribution is -2.34. The molecule has 0 spiro atoms. The number of aromatic nitrogens is 2. The van der Waals surface area contributed by atoms with Crippen LogP contribution in [0.3, 0.4) is 0 Å². The number of hydrogen-bond acceptors (Lipinski definition) is 3. The first-order chi connectivity index (χ1) is 9.40. The molecule has 0 radical (unpaired) electrons. The van der Waals surface area contributed by atoms with Crippen molar-refractivity contribution in [3.8, 4) is 0 Å². The summed E-state index contributed by atoms with van der Waals surface area (Å²) in [6, 6.07) is 1.97. The van der Waals surface area contributed by atoms with Crippen LogP contribution in [0, 0.1) is 5.92 Å². The fourth-order valence-corrected chi connectivity index (χ4v) is 2.09. The summed E-state index contributed by atoms with van der Waals surface area (Å²) in [7, 11) is 1.60. The number of hydrogen-bond donors (Lipinski definition) is 1. The molecule has 1 aromatic rings. The Labute approximate surface area is 119 Å². The van der Waals surface area contributed by atoms with E-state index in [4.69, 9.17) is 5.11 Å². The lowest BCUT2D eigenvalue weighted by atomic mass is 10.2. The first-order valence-electron chi connectivity index (χ1n) is 6.94. The van der Waals surface area contributed by atoms with Crippen molar-refractivity contribution in [2.24, 2.45) is 5.92 Å². The second-order valence-corrected chi connectivity index (χ2v) is 5.08. The van der Waals surface area contributed by atoms with E-state index >= 15 is 0 Å². The second kappa shape index (κ2) is 7.07. The minimum Gasteiger partial charge on any atom is -0.481 e. The van der Waals surface area contributed by atoms with Gasteiger partial charge in [0.2, 0.25) is 0 Å². The molecule has 1 unspecified atom stereocenters. The van der Waals surface area contributed by atoms with Crippen LogP contribution in [-0.2, 0) is 4.79 Å². The highest BCUT2D eigenvalue weighted by Crippen LogP contribution is 2.15. The minimum atomic E-state index is -0.910. The van der Waals surface area contributed by atoms with Crippen molar-refractivity contribution in [3.05, 3.63) is 18.0 Å². The van der Waals surface area contributed by atoms with Crippen molar-refractivity contribution in [3.63, 3.8) is 0 Å². The van der Waals surface area contributed by atoms with Crippen LogP contribution in [0.5, 0.6) is 0 Å². The third-order valence-corrected chi connectivity index (χ3v) is 3.46. The van der Waals surface area contributed by atoms with Crippen molar-refractivity contribution in [1.82, 2.24) is 14.7 Å². The van der Waals surface area contributed by atoms with Crippen LogP contribution in [0.4, 0.5) is 0 Å². The fraction of sp³-hybridized carbons (Fsp3) is 0.643. The molecule has 1 amide bonds. The van der Waals surface area contributed by atoms with Crippen LogP contribution < -0.4 is 0 Å². The van der Waals surface area contributed by atoms with Crippen molar-refractivity contribution in [1.29, 1.82) is 0 Å². The predicted molar refractivity (Wildman–Crippen MR) is 75.6 cm³/mol. The molecule has 0 aliphatic heterocycles. The zero-order valence-corrected chi connectivity index (χ0v) is 12.5. The van der Waals surface area contributed by atoms with Gasteiger partial charge in [0.1, 0.15) is 5.69 Å². The Morgan fingerprint density at radius 1 is 1.40 bits per heavy atom. The predicted octanol–water partition coefficient (Wildman–Crippen LogP) is 2.04. The van der Waals surface area contributed by atoms with E-state index in [9.17, 15) is 9.59 Å². The van der Waals surface area contributed by atoms with E-state index in [1.54, 1.807) is 26.2 Å². The van der Waals surface area contributed by atoms with Crippen molar-refractivity contribution >= 4 is 11.9 Å². The minimum absolute atomic E-state index is 0.173. The molecule has 1 atom stereocenters. The SMILES string of the molecule is CCC(CC)n1ccc(C(=O)N(C)CC(C)C(=O)O)n1. The molecule has 0 saturated carbocycles. The normalized spacial score (nSPS) is 12.4. The van der Waals surface area contributed by atoms with Gasteiger partial charge < -0.3 is 10.0 Å². The number of carbonyl (C=O) groups is 2. The number of carbonyl (C=O) groups excluding carboxylic acids is 1. The molecule has 0 bridgehead atoms. The maximum absolute atomic E-state index is 12.2. The maximum atomic E-state index is 12.2. The van der Waals surface area contributed by atoms with E-state index in [-0.39, 0.29) is 12.5 Å². The third-order valence-electron chi connectivity index (χ3n) is 3.46. The lowest BCUT2D eigenvalue weighted by Gasteiger charge is -2.18. The van der Waals surface area contributed by atoms with E-state index in [0.29, 0.717) is 11.7 Å². The van der Waals surface area contributed by atoms with Gasteiger partial charge in [0.05, 0.1) is 12.0 Å². The molecule has 6 heteroatoms. The molecule has 6 nitrogen and oxygen atoms in total. The van der Waals surface area contributed by atoms with Gasteiger partial charge in [-0.1, -0.05) is 20.8 Å². The molecule has 1 aromatic heterocycles. The molecule has 112 valence electrons. The van der Waals surface area contributed by atoms with Crippen LogP contribution in [0.1, 0.15) is 50.1 Å². The summed E-state index contributed by atoms with van der Waals surface area (Å²) in [4.78, 5) is 24.4. The smallest absolute Gasteiger partial charge is 0.308 e. The van der Waals surface area contributed by atoms with E-state index in [1.807, 2.05) is 4.68 Å². The van der Waals surface area contributed by atoms with Gasteiger partial charge in [-0.25, -0.2) is 0 Å². The summed E-state index contributed by atoms with van der Waals surface area (Å²) in [5.74, 6) is -1.75. The Morgan fingerprint density at radius 2 is 2.00 bits per heavy atom. The molecule has 1 N–H and O–H groups in total. The highest BCUT2D eigenvalue weighted by atomic mass is 16.4. The third kappa shape index (κ3) is 3.82. The van der Waals surface area contributed by atoms with Gasteiger partial charge in [0, 0.05) is 19.8 Å². The average molecular weight is 281 g/mol. The number of rotatable bonds is 7. The molecule has 0 saturated heterocycles. The number of nitrogens with zero attached hydrogens (tertiary/aromatic N) is 3. The highest BCUT2D eigenvalue weighted by Gasteiger charge is 2.20. The van der Waals surface area contributed by atoms with Crippen LogP contribution in [0.25, 0.3) is 0 Å². The first kappa shape index (κ1) is 16.2. The first-order valence-corrected chi connectivity index (χ1v) is 6.94. The number of aliphatic carboxylic acids is 1. The summed E-state index contributed by atoms with van der Waals surface area (Å²) in [5.41, 5.74) is 0.358. The number of amides is 1. The molecular formula is C14H23N3O3. The Hall–Kier alpha value is -1.85. The summed E-state index contributed by atoms with van der Waals surface area (Å²) in [6.07, 6.45) is 3.72. The molecule has 0 aromatic carbocycles. The van der Waals surface area contributed by atoms with Crippen molar-refractivity contribution in [2.45, 2.75) is 39.7 Å². The average Bonchev–Trinajstić information content (AvgIpc) is 2.88. The van der Waals surface area contributed by atoms with E-state index in [2.05, 4.69) is 18.9 Å². The largest absolute Gasteiger partial charge is 0.481 e. The van der Waals surface area contributed by atoms with E-state index < -0.39 is 11.9 Å². The van der Waals surface area contributed by atoms with Crippen molar-refractivity contribution < 1.29 is 14.7 Å². The monoisotopic (exact) mass is 281 g/mol. The summed E-state index contributed by atoms with van der Waals surface area (Å²) < 4.78 is 1.81. The van der Waals surface area contributed by atoms with Gasteiger partial charge in [-0.3, -0.25) is 14.3 Å². The van der Waals surface area contributed by atoms with Gasteiger partial charge in [0.15, 0.2) is 0 Å². The standard InChI is InChI=1S/C14H23N3O3/c1-5-11(6-2)17-8-7-12(15-17)13(18)16(4)9-10(3)14(19)20/h7-8,10-11H,5-6,9H2,1-4H3,(H,19,20). The molecule has 20 heavy (non-hydrogen) atoms. The van der Waals surface area contributed by atoms with Crippen LogP contribution in [0.2, 0.25) is 0 Å². The Balaban J connectivity index is 2.75. The molecule has 1 heterocycles. The molecule has 0 aliphatic rings. The van der Waals surface area contributed by atoms with Gasteiger partial charge >= 0.3 is 5.97 Å².